The van der Waals surface area contributed by atoms with Gasteiger partial charge in [0.1, 0.15) is 0 Å². The molecule has 0 fully saturated rings. The summed E-state index contributed by atoms with van der Waals surface area (Å²) in [5, 5.41) is 11.5. The van der Waals surface area contributed by atoms with Gasteiger partial charge in [0, 0.05) is 12.4 Å². The number of carbonyl (C=O) groups is 3. The molecule has 2 aromatic rings. The number of aromatic carboxylic acids is 1. The smallest absolute Gasteiger partial charge is 0.338 e. The molecule has 0 aliphatic carbocycles. The van der Waals surface area contributed by atoms with Crippen molar-refractivity contribution < 1.29 is 24.2 Å². The molecule has 1 heterocycles. The van der Waals surface area contributed by atoms with Crippen molar-refractivity contribution in [1.29, 1.82) is 0 Å². The molecule has 0 aliphatic heterocycles. The van der Waals surface area contributed by atoms with Crippen LogP contribution in [0.15, 0.2) is 42.7 Å². The molecule has 2 rings (SSSR count). The van der Waals surface area contributed by atoms with E-state index in [2.05, 4.69) is 10.3 Å². The number of halogens is 1. The molecule has 1 aromatic carbocycles. The monoisotopic (exact) mass is 334 g/mol. The van der Waals surface area contributed by atoms with E-state index in [0.717, 1.165) is 0 Å². The Bertz CT molecular complexity index is 749. The van der Waals surface area contributed by atoms with Gasteiger partial charge in [-0.05, 0) is 30.3 Å². The van der Waals surface area contributed by atoms with Crippen LogP contribution >= 0.6 is 11.6 Å². The molecule has 0 bridgehead atoms. The van der Waals surface area contributed by atoms with E-state index in [-0.39, 0.29) is 21.8 Å². The van der Waals surface area contributed by atoms with Crippen molar-refractivity contribution in [2.75, 3.05) is 11.9 Å². The van der Waals surface area contributed by atoms with Crippen LogP contribution in [0.3, 0.4) is 0 Å². The second-order valence-corrected chi connectivity index (χ2v) is 4.77. The van der Waals surface area contributed by atoms with E-state index in [4.69, 9.17) is 21.4 Å². The molecule has 0 radical (unpaired) electrons. The highest BCUT2D eigenvalue weighted by Crippen LogP contribution is 2.23. The lowest BCUT2D eigenvalue weighted by Crippen LogP contribution is -2.21. The molecule has 7 nitrogen and oxygen atoms in total. The van der Waals surface area contributed by atoms with Crippen molar-refractivity contribution >= 4 is 35.1 Å². The second-order valence-electron chi connectivity index (χ2n) is 4.36. The number of carbonyl (C=O) groups excluding carboxylic acids is 2. The Labute approximate surface area is 135 Å². The standard InChI is InChI=1S/C15H11ClN2O5/c16-11-2-1-10(14(20)21)7-12(11)18-13(19)8-23-15(22)9-3-5-17-6-4-9/h1-7H,8H2,(H,18,19)(H,20,21). The number of nitrogens with zero attached hydrogens (tertiary/aromatic N) is 1. The van der Waals surface area contributed by atoms with E-state index < -0.39 is 24.5 Å². The summed E-state index contributed by atoms with van der Waals surface area (Å²) in [6.45, 7) is -0.533. The van der Waals surface area contributed by atoms with Gasteiger partial charge in [-0.25, -0.2) is 9.59 Å². The Balaban J connectivity index is 1.96. The van der Waals surface area contributed by atoms with Gasteiger partial charge in [0.05, 0.1) is 21.8 Å². The number of rotatable bonds is 5. The van der Waals surface area contributed by atoms with Crippen LogP contribution < -0.4 is 5.32 Å². The summed E-state index contributed by atoms with van der Waals surface area (Å²) in [7, 11) is 0. The number of ether oxygens (including phenoxy) is 1. The van der Waals surface area contributed by atoms with E-state index in [0.29, 0.717) is 0 Å². The third kappa shape index (κ3) is 4.52. The highest BCUT2D eigenvalue weighted by atomic mass is 35.5. The Kier molecular flexibility index (Phi) is 5.27. The topological polar surface area (TPSA) is 106 Å². The van der Waals surface area contributed by atoms with E-state index in [9.17, 15) is 14.4 Å². The SMILES string of the molecule is O=C(COC(=O)c1ccncc1)Nc1cc(C(=O)O)ccc1Cl. The molecule has 8 heteroatoms. The Morgan fingerprint density at radius 2 is 1.83 bits per heavy atom. The molecule has 0 saturated heterocycles. The molecular weight excluding hydrogens is 324 g/mol. The number of carboxylic acid groups (broad SMARTS) is 1. The molecule has 0 spiro atoms. The number of nitrogens with one attached hydrogen (secondary N) is 1. The number of aromatic nitrogens is 1. The highest BCUT2D eigenvalue weighted by molar-refractivity contribution is 6.33. The van der Waals surface area contributed by atoms with Gasteiger partial charge < -0.3 is 15.2 Å². The number of esters is 1. The Morgan fingerprint density at radius 3 is 2.48 bits per heavy atom. The van der Waals surface area contributed by atoms with E-state index in [1.54, 1.807) is 0 Å². The average molecular weight is 335 g/mol. The van der Waals surface area contributed by atoms with Crippen LogP contribution in [0.4, 0.5) is 5.69 Å². The van der Waals surface area contributed by atoms with Gasteiger partial charge in [0.15, 0.2) is 6.61 Å². The van der Waals surface area contributed by atoms with Gasteiger partial charge in [0.25, 0.3) is 5.91 Å². The number of benzene rings is 1. The second kappa shape index (κ2) is 7.37. The minimum absolute atomic E-state index is 0.0292. The zero-order valence-corrected chi connectivity index (χ0v) is 12.4. The summed E-state index contributed by atoms with van der Waals surface area (Å²) in [5.41, 5.74) is 0.355. The number of pyridine rings is 1. The molecule has 0 atom stereocenters. The minimum Gasteiger partial charge on any atom is -0.478 e. The largest absolute Gasteiger partial charge is 0.478 e. The van der Waals surface area contributed by atoms with Gasteiger partial charge in [-0.1, -0.05) is 11.6 Å². The van der Waals surface area contributed by atoms with Crippen LogP contribution in [-0.2, 0) is 9.53 Å². The molecule has 1 aromatic heterocycles. The maximum absolute atomic E-state index is 11.8. The number of hydrogen-bond donors (Lipinski definition) is 2. The van der Waals surface area contributed by atoms with Gasteiger partial charge >= 0.3 is 11.9 Å². The first-order valence-electron chi connectivity index (χ1n) is 6.37. The molecule has 1 amide bonds. The van der Waals surface area contributed by atoms with Crippen LogP contribution in [0, 0.1) is 0 Å². The van der Waals surface area contributed by atoms with Crippen LogP contribution in [0.2, 0.25) is 5.02 Å². The van der Waals surface area contributed by atoms with Gasteiger partial charge in [-0.3, -0.25) is 9.78 Å². The lowest BCUT2D eigenvalue weighted by atomic mass is 10.2. The molecule has 0 unspecified atom stereocenters. The summed E-state index contributed by atoms with van der Waals surface area (Å²) in [6.07, 6.45) is 2.85. The third-order valence-electron chi connectivity index (χ3n) is 2.74. The quantitative estimate of drug-likeness (QED) is 0.812. The third-order valence-corrected chi connectivity index (χ3v) is 3.07. The first-order chi connectivity index (χ1) is 11.0. The van der Waals surface area contributed by atoms with Crippen LogP contribution in [0.5, 0.6) is 0 Å². The van der Waals surface area contributed by atoms with Gasteiger partial charge in [0.2, 0.25) is 0 Å². The van der Waals surface area contributed by atoms with E-state index in [1.165, 1.54) is 42.7 Å². The lowest BCUT2D eigenvalue weighted by molar-refractivity contribution is -0.119. The summed E-state index contributed by atoms with van der Waals surface area (Å²) in [4.78, 5) is 38.1. The minimum atomic E-state index is -1.15. The first-order valence-corrected chi connectivity index (χ1v) is 6.75. The average Bonchev–Trinajstić information content (AvgIpc) is 2.55. The van der Waals surface area contributed by atoms with Crippen molar-refractivity contribution in [2.24, 2.45) is 0 Å². The van der Waals surface area contributed by atoms with E-state index >= 15 is 0 Å². The van der Waals surface area contributed by atoms with Gasteiger partial charge in [-0.15, -0.1) is 0 Å². The first kappa shape index (κ1) is 16.4. The highest BCUT2D eigenvalue weighted by Gasteiger charge is 2.13. The maximum Gasteiger partial charge on any atom is 0.338 e. The fourth-order valence-electron chi connectivity index (χ4n) is 1.64. The number of carboxylic acids is 1. The zero-order valence-electron chi connectivity index (χ0n) is 11.7. The van der Waals surface area contributed by atoms with Crippen molar-refractivity contribution in [1.82, 2.24) is 4.98 Å². The Hall–Kier alpha value is -2.93. The lowest BCUT2D eigenvalue weighted by Gasteiger charge is -2.09. The molecular formula is C15H11ClN2O5. The molecule has 23 heavy (non-hydrogen) atoms. The molecule has 0 aliphatic rings. The molecule has 2 N–H and O–H groups in total. The summed E-state index contributed by atoms with van der Waals surface area (Å²) in [6, 6.07) is 6.78. The van der Waals surface area contributed by atoms with Crippen LogP contribution in [0.1, 0.15) is 20.7 Å². The predicted molar refractivity (Wildman–Crippen MR) is 81.6 cm³/mol. The summed E-state index contributed by atoms with van der Waals surface area (Å²) < 4.78 is 4.84. The predicted octanol–water partition coefficient (Wildman–Crippen LogP) is 2.23. The number of hydrogen-bond acceptors (Lipinski definition) is 5. The van der Waals surface area contributed by atoms with E-state index in [1.807, 2.05) is 0 Å². The maximum atomic E-state index is 11.8. The fraction of sp³-hybridized carbons (Fsp3) is 0.0667. The number of anilines is 1. The molecule has 0 saturated carbocycles. The Morgan fingerprint density at radius 1 is 1.13 bits per heavy atom. The molecule has 118 valence electrons. The fourth-order valence-corrected chi connectivity index (χ4v) is 1.81. The van der Waals surface area contributed by atoms with Crippen molar-refractivity contribution in [3.63, 3.8) is 0 Å². The summed E-state index contributed by atoms with van der Waals surface area (Å²) in [5.74, 6) is -2.47. The van der Waals surface area contributed by atoms with Crippen molar-refractivity contribution in [3.05, 3.63) is 58.9 Å². The van der Waals surface area contributed by atoms with Crippen molar-refractivity contribution in [2.45, 2.75) is 0 Å². The van der Waals surface area contributed by atoms with Gasteiger partial charge in [-0.2, -0.15) is 0 Å². The number of amides is 1. The normalized spacial score (nSPS) is 9.96. The van der Waals surface area contributed by atoms with Crippen LogP contribution in [-0.4, -0.2) is 34.5 Å². The zero-order chi connectivity index (χ0) is 16.8. The van der Waals surface area contributed by atoms with Crippen molar-refractivity contribution in [3.8, 4) is 0 Å². The van der Waals surface area contributed by atoms with Crippen LogP contribution in [0.25, 0.3) is 0 Å². The summed E-state index contributed by atoms with van der Waals surface area (Å²) >= 11 is 5.88.